The lowest BCUT2D eigenvalue weighted by Gasteiger charge is -2.35. The molecule has 1 aliphatic heterocycles. The minimum atomic E-state index is -1.46. The number of rotatable bonds is 8. The van der Waals surface area contributed by atoms with Crippen molar-refractivity contribution in [2.75, 3.05) is 25.0 Å². The van der Waals surface area contributed by atoms with E-state index >= 15 is 0 Å². The molecule has 0 aromatic heterocycles. The van der Waals surface area contributed by atoms with E-state index < -0.39 is 11.7 Å². The van der Waals surface area contributed by atoms with Gasteiger partial charge in [-0.3, -0.25) is 9.79 Å². The van der Waals surface area contributed by atoms with Gasteiger partial charge in [-0.25, -0.2) is 4.79 Å². The van der Waals surface area contributed by atoms with Crippen molar-refractivity contribution < 1.29 is 14.3 Å². The van der Waals surface area contributed by atoms with Gasteiger partial charge < -0.3 is 20.7 Å². The van der Waals surface area contributed by atoms with Crippen LogP contribution in [0, 0.1) is 0 Å². The first-order valence-corrected chi connectivity index (χ1v) is 12.1. The van der Waals surface area contributed by atoms with E-state index in [1.54, 1.807) is 6.92 Å². The van der Waals surface area contributed by atoms with Gasteiger partial charge in [0.05, 0.1) is 18.3 Å². The molecule has 0 saturated heterocycles. The molecule has 0 bridgehead atoms. The Hall–Kier alpha value is -4.13. The average molecular weight is 485 g/mol. The third kappa shape index (κ3) is 5.74. The number of carbonyl (C=O) groups is 2. The first kappa shape index (κ1) is 25.0. The Morgan fingerprint density at radius 2 is 1.67 bits per heavy atom. The van der Waals surface area contributed by atoms with Gasteiger partial charge in [-0.05, 0) is 25.0 Å². The molecule has 186 valence electrons. The summed E-state index contributed by atoms with van der Waals surface area (Å²) in [6, 6.07) is 27.8. The fourth-order valence-electron chi connectivity index (χ4n) is 4.63. The molecule has 2 atom stereocenters. The van der Waals surface area contributed by atoms with Crippen LogP contribution in [0.2, 0.25) is 0 Å². The van der Waals surface area contributed by atoms with Crippen LogP contribution in [-0.2, 0) is 16.0 Å². The summed E-state index contributed by atoms with van der Waals surface area (Å²) in [7, 11) is 1.98. The molecular formula is C29H32N4O3. The van der Waals surface area contributed by atoms with Gasteiger partial charge >= 0.3 is 6.09 Å². The molecular weight excluding hydrogens is 452 g/mol. The normalized spacial score (nSPS) is 16.7. The zero-order valence-electron chi connectivity index (χ0n) is 20.7. The molecule has 3 N–H and O–H groups in total. The molecule has 1 aliphatic rings. The van der Waals surface area contributed by atoms with E-state index in [1.807, 2.05) is 85.9 Å². The SMILES string of the molecule is CN1c2ccccc2C(c2ccccc2)=NCC1CC(C)(OC(N)=O)C(=O)NCCc1ccccc1. The molecule has 36 heavy (non-hydrogen) atoms. The summed E-state index contributed by atoms with van der Waals surface area (Å²) >= 11 is 0. The van der Waals surface area contributed by atoms with Crippen molar-refractivity contribution in [1.82, 2.24) is 5.32 Å². The summed E-state index contributed by atoms with van der Waals surface area (Å²) in [4.78, 5) is 32.2. The van der Waals surface area contributed by atoms with Crippen molar-refractivity contribution in [3.8, 4) is 0 Å². The fraction of sp³-hybridized carbons (Fsp3) is 0.276. The number of primary amides is 1. The molecule has 0 spiro atoms. The number of aliphatic imine (C=N–C) groups is 1. The molecule has 0 saturated carbocycles. The molecule has 7 heteroatoms. The first-order chi connectivity index (χ1) is 17.4. The summed E-state index contributed by atoms with van der Waals surface area (Å²) in [5.74, 6) is -0.379. The number of carbonyl (C=O) groups excluding carboxylic acids is 2. The standard InChI is InChI=1S/C29H32N4O3/c1-29(36-28(30)35,27(34)31-18-17-21-11-5-3-6-12-21)19-23-20-32-26(22-13-7-4-8-14-22)24-15-9-10-16-25(24)33(23)2/h3-16,23H,17-20H2,1-2H3,(H2,30,35)(H,31,34). The van der Waals surface area contributed by atoms with Crippen LogP contribution in [0.5, 0.6) is 0 Å². The van der Waals surface area contributed by atoms with Gasteiger partial charge in [-0.2, -0.15) is 0 Å². The highest BCUT2D eigenvalue weighted by molar-refractivity contribution is 6.16. The highest BCUT2D eigenvalue weighted by atomic mass is 16.6. The zero-order chi connectivity index (χ0) is 25.5. The number of para-hydroxylation sites is 1. The maximum absolute atomic E-state index is 13.3. The predicted octanol–water partition coefficient (Wildman–Crippen LogP) is 3.95. The number of benzodiazepines with no additional fused rings is 1. The minimum absolute atomic E-state index is 0.211. The van der Waals surface area contributed by atoms with Gasteiger partial charge in [0.15, 0.2) is 5.60 Å². The van der Waals surface area contributed by atoms with Crippen molar-refractivity contribution in [3.63, 3.8) is 0 Å². The van der Waals surface area contributed by atoms with E-state index in [1.165, 1.54) is 0 Å². The molecule has 3 aromatic carbocycles. The topological polar surface area (TPSA) is 97.0 Å². The van der Waals surface area contributed by atoms with Gasteiger partial charge in [0, 0.05) is 36.8 Å². The Balaban J connectivity index is 1.57. The number of amides is 2. The summed E-state index contributed by atoms with van der Waals surface area (Å²) in [6.07, 6.45) is -0.0923. The lowest BCUT2D eigenvalue weighted by Crippen LogP contribution is -2.53. The van der Waals surface area contributed by atoms with Gasteiger partial charge in [0.1, 0.15) is 0 Å². The van der Waals surface area contributed by atoms with Crippen LogP contribution in [0.3, 0.4) is 0 Å². The Morgan fingerprint density at radius 3 is 2.36 bits per heavy atom. The Kier molecular flexibility index (Phi) is 7.68. The smallest absolute Gasteiger partial charge is 0.405 e. The Bertz CT molecular complexity index is 1230. The van der Waals surface area contributed by atoms with Crippen molar-refractivity contribution >= 4 is 23.4 Å². The minimum Gasteiger partial charge on any atom is -0.433 e. The number of likely N-dealkylation sites (N-methyl/N-ethyl adjacent to an activating group) is 1. The van der Waals surface area contributed by atoms with Crippen molar-refractivity contribution in [3.05, 3.63) is 102 Å². The van der Waals surface area contributed by atoms with Crippen molar-refractivity contribution in [2.45, 2.75) is 31.4 Å². The summed E-state index contributed by atoms with van der Waals surface area (Å²) in [5, 5.41) is 2.92. The lowest BCUT2D eigenvalue weighted by molar-refractivity contribution is -0.139. The number of nitrogens with one attached hydrogen (secondary N) is 1. The van der Waals surface area contributed by atoms with Crippen LogP contribution in [0.15, 0.2) is 89.9 Å². The largest absolute Gasteiger partial charge is 0.433 e. The second-order valence-corrected chi connectivity index (χ2v) is 9.18. The second-order valence-electron chi connectivity index (χ2n) is 9.18. The van der Waals surface area contributed by atoms with E-state index in [-0.39, 0.29) is 18.4 Å². The molecule has 0 fully saturated rings. The highest BCUT2D eigenvalue weighted by Crippen LogP contribution is 2.31. The quantitative estimate of drug-likeness (QED) is 0.506. The first-order valence-electron chi connectivity index (χ1n) is 12.1. The summed E-state index contributed by atoms with van der Waals surface area (Å²) in [5.41, 5.74) is 8.98. The number of nitrogens with two attached hydrogens (primary N) is 1. The van der Waals surface area contributed by atoms with Gasteiger partial charge in [0.2, 0.25) is 0 Å². The average Bonchev–Trinajstić information content (AvgIpc) is 3.01. The van der Waals surface area contributed by atoms with Crippen LogP contribution < -0.4 is 16.0 Å². The highest BCUT2D eigenvalue weighted by Gasteiger charge is 2.41. The van der Waals surface area contributed by atoms with Crippen LogP contribution in [0.25, 0.3) is 0 Å². The molecule has 2 unspecified atom stereocenters. The molecule has 4 rings (SSSR count). The second kappa shape index (κ2) is 11.1. The molecule has 2 amide bonds. The van der Waals surface area contributed by atoms with Gasteiger partial charge in [-0.1, -0.05) is 78.9 Å². The summed E-state index contributed by atoms with van der Waals surface area (Å²) in [6.45, 7) is 2.45. The number of nitrogens with zero attached hydrogens (tertiary/aromatic N) is 2. The van der Waals surface area contributed by atoms with Crippen molar-refractivity contribution in [1.29, 1.82) is 0 Å². The predicted molar refractivity (Wildman–Crippen MR) is 142 cm³/mol. The van der Waals surface area contributed by atoms with Crippen LogP contribution >= 0.6 is 0 Å². The number of ether oxygens (including phenoxy) is 1. The third-order valence-electron chi connectivity index (χ3n) is 6.57. The van der Waals surface area contributed by atoms with Crippen LogP contribution in [-0.4, -0.2) is 49.5 Å². The van der Waals surface area contributed by atoms with E-state index in [0.717, 1.165) is 28.1 Å². The molecule has 0 aliphatic carbocycles. The van der Waals surface area contributed by atoms with E-state index in [9.17, 15) is 9.59 Å². The third-order valence-corrected chi connectivity index (χ3v) is 6.57. The molecule has 3 aromatic rings. The van der Waals surface area contributed by atoms with Crippen LogP contribution in [0.4, 0.5) is 10.5 Å². The van der Waals surface area contributed by atoms with Crippen LogP contribution in [0.1, 0.15) is 30.0 Å². The number of fused-ring (bicyclic) bond motifs is 1. The van der Waals surface area contributed by atoms with Gasteiger partial charge in [0.25, 0.3) is 5.91 Å². The monoisotopic (exact) mass is 484 g/mol. The van der Waals surface area contributed by atoms with Crippen molar-refractivity contribution in [2.24, 2.45) is 10.7 Å². The molecule has 0 radical (unpaired) electrons. The molecule has 7 nitrogen and oxygen atoms in total. The number of hydrogen-bond acceptors (Lipinski definition) is 5. The maximum atomic E-state index is 13.3. The number of benzene rings is 3. The fourth-order valence-corrected chi connectivity index (χ4v) is 4.63. The molecule has 1 heterocycles. The summed E-state index contributed by atoms with van der Waals surface area (Å²) < 4.78 is 5.45. The number of hydrogen-bond donors (Lipinski definition) is 2. The zero-order valence-corrected chi connectivity index (χ0v) is 20.7. The Morgan fingerprint density at radius 1 is 1.03 bits per heavy atom. The van der Waals surface area contributed by atoms with E-state index in [2.05, 4.69) is 16.3 Å². The van der Waals surface area contributed by atoms with Gasteiger partial charge in [-0.15, -0.1) is 0 Å². The lowest BCUT2D eigenvalue weighted by atomic mass is 9.94. The maximum Gasteiger partial charge on any atom is 0.405 e. The Labute approximate surface area is 212 Å². The van der Waals surface area contributed by atoms with E-state index in [0.29, 0.717) is 19.5 Å². The van der Waals surface area contributed by atoms with E-state index in [4.69, 9.17) is 15.5 Å². The number of anilines is 1.